The number of H-pyrrole nitrogens is 2. The number of carbonyl (C=O) groups is 1. The van der Waals surface area contributed by atoms with E-state index in [2.05, 4.69) is 63.8 Å². The summed E-state index contributed by atoms with van der Waals surface area (Å²) in [6, 6.07) is 17.7. The molecule has 2 fully saturated rings. The van der Waals surface area contributed by atoms with Gasteiger partial charge in [0.05, 0.1) is 34.2 Å². The van der Waals surface area contributed by atoms with Gasteiger partial charge >= 0.3 is 0 Å². The summed E-state index contributed by atoms with van der Waals surface area (Å²) in [5.41, 5.74) is 6.37. The van der Waals surface area contributed by atoms with Crippen LogP contribution < -0.4 is 5.32 Å². The van der Waals surface area contributed by atoms with E-state index >= 15 is 0 Å². The van der Waals surface area contributed by atoms with Crippen molar-refractivity contribution in [3.63, 3.8) is 0 Å². The second-order valence-electron chi connectivity index (χ2n) is 9.89. The van der Waals surface area contributed by atoms with Crippen LogP contribution in [0.1, 0.15) is 56.3 Å². The highest BCUT2D eigenvalue weighted by atomic mass is 16.2. The molecule has 2 atom stereocenters. The summed E-state index contributed by atoms with van der Waals surface area (Å²) >= 11 is 0. The Morgan fingerprint density at radius 1 is 0.914 bits per heavy atom. The van der Waals surface area contributed by atoms with Crippen LogP contribution in [-0.2, 0) is 4.79 Å². The van der Waals surface area contributed by atoms with Crippen LogP contribution in [-0.4, -0.2) is 43.8 Å². The topological polar surface area (TPSA) is 89.7 Å². The molecule has 5 aromatic rings. The summed E-state index contributed by atoms with van der Waals surface area (Å²) in [4.78, 5) is 30.7. The molecule has 0 radical (unpaired) electrons. The second kappa shape index (κ2) is 7.92. The van der Waals surface area contributed by atoms with E-state index in [-0.39, 0.29) is 11.9 Å². The highest BCUT2D eigenvalue weighted by molar-refractivity contribution is 6.05. The number of fused-ring (bicyclic) bond motifs is 4. The molecule has 4 heterocycles. The van der Waals surface area contributed by atoms with Gasteiger partial charge in [-0.15, -0.1) is 0 Å². The summed E-state index contributed by atoms with van der Waals surface area (Å²) in [5, 5.41) is 5.88. The van der Waals surface area contributed by atoms with Gasteiger partial charge in [0.25, 0.3) is 0 Å². The number of rotatable bonds is 3. The lowest BCUT2D eigenvalue weighted by molar-refractivity contribution is -0.129. The molecule has 1 amide bonds. The highest BCUT2D eigenvalue weighted by Gasteiger charge is 2.30. The molecule has 35 heavy (non-hydrogen) atoms. The van der Waals surface area contributed by atoms with Gasteiger partial charge in [-0.3, -0.25) is 4.79 Å². The van der Waals surface area contributed by atoms with Gasteiger partial charge in [0, 0.05) is 18.9 Å². The van der Waals surface area contributed by atoms with Crippen LogP contribution in [0.2, 0.25) is 0 Å². The smallest absolute Gasteiger partial charge is 0.220 e. The third-order valence-corrected chi connectivity index (χ3v) is 7.68. The quantitative estimate of drug-likeness (QED) is 0.335. The van der Waals surface area contributed by atoms with Crippen molar-refractivity contribution in [1.29, 1.82) is 0 Å². The molecule has 3 N–H and O–H groups in total. The van der Waals surface area contributed by atoms with Crippen LogP contribution in [0.3, 0.4) is 0 Å². The lowest BCUT2D eigenvalue weighted by Gasteiger charge is -2.21. The minimum absolute atomic E-state index is 0.0459. The maximum Gasteiger partial charge on any atom is 0.220 e. The molecule has 7 heteroatoms. The molecule has 0 spiro atoms. The molecule has 3 aromatic carbocycles. The van der Waals surface area contributed by atoms with E-state index in [1.165, 1.54) is 17.2 Å². The van der Waals surface area contributed by atoms with E-state index in [1.807, 2.05) is 4.90 Å². The first-order valence-corrected chi connectivity index (χ1v) is 12.6. The van der Waals surface area contributed by atoms with Crippen molar-refractivity contribution in [3.8, 4) is 11.1 Å². The third kappa shape index (κ3) is 3.41. The van der Waals surface area contributed by atoms with Crippen molar-refractivity contribution in [2.75, 3.05) is 13.1 Å². The molecule has 2 saturated heterocycles. The Kier molecular flexibility index (Phi) is 4.67. The molecule has 2 unspecified atom stereocenters. The van der Waals surface area contributed by atoms with E-state index in [4.69, 9.17) is 9.97 Å². The number of likely N-dealkylation sites (tertiary alicyclic amines) is 1. The first-order chi connectivity index (χ1) is 17.1. The third-order valence-electron chi connectivity index (χ3n) is 7.68. The van der Waals surface area contributed by atoms with E-state index < -0.39 is 0 Å². The number of amides is 1. The Bertz CT molecular complexity index is 1590. The second-order valence-corrected chi connectivity index (χ2v) is 9.89. The van der Waals surface area contributed by atoms with Gasteiger partial charge in [-0.1, -0.05) is 24.3 Å². The molecular weight excluding hydrogens is 436 g/mol. The Balaban J connectivity index is 1.24. The maximum atomic E-state index is 12.0. The van der Waals surface area contributed by atoms with E-state index in [1.54, 1.807) is 6.92 Å². The van der Waals surface area contributed by atoms with Gasteiger partial charge in [0.2, 0.25) is 5.91 Å². The fraction of sp³-hybridized carbons (Fsp3) is 0.321. The van der Waals surface area contributed by atoms with Crippen molar-refractivity contribution in [3.05, 3.63) is 60.2 Å². The molecule has 2 aliphatic rings. The predicted octanol–water partition coefficient (Wildman–Crippen LogP) is 5.37. The van der Waals surface area contributed by atoms with E-state index in [9.17, 15) is 4.79 Å². The first kappa shape index (κ1) is 20.6. The molecule has 0 aliphatic carbocycles. The number of hydrogen-bond donors (Lipinski definition) is 3. The van der Waals surface area contributed by atoms with Crippen LogP contribution in [0.15, 0.2) is 48.5 Å². The van der Waals surface area contributed by atoms with Gasteiger partial charge < -0.3 is 20.2 Å². The zero-order chi connectivity index (χ0) is 23.5. The van der Waals surface area contributed by atoms with Crippen LogP contribution >= 0.6 is 0 Å². The summed E-state index contributed by atoms with van der Waals surface area (Å²) in [7, 11) is 0. The zero-order valence-electron chi connectivity index (χ0n) is 19.8. The molecule has 7 rings (SSSR count). The van der Waals surface area contributed by atoms with Gasteiger partial charge in [-0.2, -0.15) is 0 Å². The number of hydrogen-bond acceptors (Lipinski definition) is 4. The van der Waals surface area contributed by atoms with Crippen molar-refractivity contribution in [2.45, 2.75) is 44.7 Å². The Hall–Kier alpha value is -3.71. The van der Waals surface area contributed by atoms with Crippen molar-refractivity contribution < 1.29 is 4.79 Å². The Morgan fingerprint density at radius 2 is 1.77 bits per heavy atom. The summed E-state index contributed by atoms with van der Waals surface area (Å²) in [6.45, 7) is 3.51. The van der Waals surface area contributed by atoms with E-state index in [0.29, 0.717) is 6.04 Å². The van der Waals surface area contributed by atoms with E-state index in [0.717, 1.165) is 77.2 Å². The lowest BCUT2D eigenvalue weighted by atomic mass is 10.0. The monoisotopic (exact) mass is 464 g/mol. The fourth-order valence-corrected chi connectivity index (χ4v) is 5.88. The Labute approximate surface area is 203 Å². The standard InChI is InChI=1S/C28H28N6O/c1-16(35)34-13-3-5-25(34)28-30-21-10-7-18(15-24(21)32-28)17-6-9-20-19(14-17)8-11-22-26(20)33-27(31-22)23-4-2-12-29-23/h6-11,14-15,23,25,29H,2-5,12-13H2,1H3,(H,30,32)(H,31,33). The van der Waals surface area contributed by atoms with Gasteiger partial charge in [-0.25, -0.2) is 9.97 Å². The highest BCUT2D eigenvalue weighted by Crippen LogP contribution is 2.34. The molecule has 176 valence electrons. The molecular formula is C28H28N6O. The number of benzene rings is 3. The fourth-order valence-electron chi connectivity index (χ4n) is 5.88. The summed E-state index contributed by atoms with van der Waals surface area (Å²) in [6.07, 6.45) is 4.31. The predicted molar refractivity (Wildman–Crippen MR) is 138 cm³/mol. The minimum Gasteiger partial charge on any atom is -0.341 e. The van der Waals surface area contributed by atoms with Crippen molar-refractivity contribution >= 4 is 38.7 Å². The minimum atomic E-state index is 0.0459. The molecule has 2 aromatic heterocycles. The number of aromatic nitrogens is 4. The zero-order valence-corrected chi connectivity index (χ0v) is 19.8. The van der Waals surface area contributed by atoms with Gasteiger partial charge in [0.1, 0.15) is 11.6 Å². The number of nitrogens with zero attached hydrogens (tertiary/aromatic N) is 3. The first-order valence-electron chi connectivity index (χ1n) is 12.6. The number of imidazole rings is 2. The molecule has 0 bridgehead atoms. The largest absolute Gasteiger partial charge is 0.341 e. The lowest BCUT2D eigenvalue weighted by Crippen LogP contribution is -2.28. The Morgan fingerprint density at radius 3 is 2.63 bits per heavy atom. The van der Waals surface area contributed by atoms with Crippen molar-refractivity contribution in [2.24, 2.45) is 0 Å². The number of nitrogens with one attached hydrogen (secondary N) is 3. The molecule has 0 saturated carbocycles. The average molecular weight is 465 g/mol. The van der Waals surface area contributed by atoms with Crippen LogP contribution in [0.25, 0.3) is 44.0 Å². The van der Waals surface area contributed by atoms with Gasteiger partial charge in [0.15, 0.2) is 0 Å². The number of aromatic amines is 2. The average Bonchev–Trinajstić information content (AvgIpc) is 3.67. The van der Waals surface area contributed by atoms with Crippen molar-refractivity contribution in [1.82, 2.24) is 30.2 Å². The SMILES string of the molecule is CC(=O)N1CCCC1c1nc2ccc(-c3ccc4c(ccc5[nH]c(C6CCCN6)nc54)c3)cc2[nH]1. The normalized spacial score (nSPS) is 20.5. The van der Waals surface area contributed by atoms with Crippen LogP contribution in [0.5, 0.6) is 0 Å². The number of carbonyl (C=O) groups excluding carboxylic acids is 1. The van der Waals surface area contributed by atoms with Crippen LogP contribution in [0.4, 0.5) is 0 Å². The maximum absolute atomic E-state index is 12.0. The summed E-state index contributed by atoms with van der Waals surface area (Å²) in [5.74, 6) is 2.04. The molecule has 7 nitrogen and oxygen atoms in total. The van der Waals surface area contributed by atoms with Crippen LogP contribution in [0, 0.1) is 0 Å². The molecule has 2 aliphatic heterocycles. The summed E-state index contributed by atoms with van der Waals surface area (Å²) < 4.78 is 0. The van der Waals surface area contributed by atoms with Gasteiger partial charge in [-0.05, 0) is 73.0 Å².